The van der Waals surface area contributed by atoms with Crippen molar-refractivity contribution >= 4 is 11.8 Å². The molecule has 0 amide bonds. The van der Waals surface area contributed by atoms with Crippen LogP contribution in [0.5, 0.6) is 0 Å². The summed E-state index contributed by atoms with van der Waals surface area (Å²) in [5.74, 6) is 0. The maximum absolute atomic E-state index is 2.34. The highest BCUT2D eigenvalue weighted by atomic mass is 32.2. The average Bonchev–Trinajstić information content (AvgIpc) is 2.47. The van der Waals surface area contributed by atoms with Crippen molar-refractivity contribution in [2.75, 3.05) is 0 Å². The molecule has 0 N–H and O–H groups in total. The second-order valence-corrected chi connectivity index (χ2v) is 6.52. The van der Waals surface area contributed by atoms with Crippen LogP contribution in [0, 0.1) is 0 Å². The normalized spacial score (nSPS) is 15.7. The molecule has 3 rings (SSSR count). The minimum atomic E-state index is 0.229. The molecule has 0 aliphatic carbocycles. The number of rotatable bonds is 3. The number of fused-ring (bicyclic) bond motifs is 2. The molecule has 2 aromatic carbocycles. The zero-order valence-electron chi connectivity index (χ0n) is 11.7. The maximum Gasteiger partial charge on any atom is 0.162 e. The standard InChI is InChI=1S/C18H20S/c1-3-13-18(4-2)14-9-5-7-11-16(14)19-17-12-8-6-10-15(17)18/h5-12H,3-4,13H2,1-2H3/p+1. The molecule has 0 radical (unpaired) electrons. The van der Waals surface area contributed by atoms with Crippen LogP contribution in [-0.4, -0.2) is 0 Å². The summed E-state index contributed by atoms with van der Waals surface area (Å²) in [4.78, 5) is 2.99. The molecule has 0 saturated carbocycles. The highest BCUT2D eigenvalue weighted by Crippen LogP contribution is 2.47. The second kappa shape index (κ2) is 5.05. The van der Waals surface area contributed by atoms with Crippen LogP contribution in [0.25, 0.3) is 0 Å². The molecule has 98 valence electrons. The predicted octanol–water partition coefficient (Wildman–Crippen LogP) is 4.73. The minimum absolute atomic E-state index is 0.229. The lowest BCUT2D eigenvalue weighted by Gasteiger charge is -2.36. The van der Waals surface area contributed by atoms with Crippen molar-refractivity contribution in [3.63, 3.8) is 0 Å². The van der Waals surface area contributed by atoms with Gasteiger partial charge in [0, 0.05) is 28.3 Å². The van der Waals surface area contributed by atoms with Crippen molar-refractivity contribution in [2.45, 2.75) is 48.3 Å². The van der Waals surface area contributed by atoms with E-state index >= 15 is 0 Å². The Balaban J connectivity index is 2.27. The van der Waals surface area contributed by atoms with Crippen LogP contribution < -0.4 is 0 Å². The lowest BCUT2D eigenvalue weighted by molar-refractivity contribution is 0.432. The number of thiol groups is 1. The summed E-state index contributed by atoms with van der Waals surface area (Å²) < 4.78 is 0. The molecule has 1 heteroatoms. The predicted molar refractivity (Wildman–Crippen MR) is 84.2 cm³/mol. The number of hydrogen-bond acceptors (Lipinski definition) is 0. The van der Waals surface area contributed by atoms with E-state index in [1.165, 1.54) is 40.8 Å². The Morgan fingerprint density at radius 3 is 1.84 bits per heavy atom. The fourth-order valence-corrected chi connectivity index (χ4v) is 4.88. The fraction of sp³-hybridized carbons (Fsp3) is 0.333. The van der Waals surface area contributed by atoms with E-state index in [1.54, 1.807) is 11.1 Å². The van der Waals surface area contributed by atoms with Crippen molar-refractivity contribution in [3.05, 3.63) is 59.7 Å². The molecule has 0 aromatic heterocycles. The first kappa shape index (κ1) is 12.8. The molecule has 0 saturated heterocycles. The van der Waals surface area contributed by atoms with Gasteiger partial charge in [-0.15, -0.1) is 0 Å². The zero-order chi connectivity index (χ0) is 13.3. The Bertz CT molecular complexity index is 540. The zero-order valence-corrected chi connectivity index (χ0v) is 12.6. The van der Waals surface area contributed by atoms with Gasteiger partial charge in [0.1, 0.15) is 0 Å². The van der Waals surface area contributed by atoms with E-state index in [-0.39, 0.29) is 5.41 Å². The Labute approximate surface area is 120 Å². The SMILES string of the molecule is CCCC1(CC)c2ccccc2[SH+]c2ccccc21. The Morgan fingerprint density at radius 1 is 0.842 bits per heavy atom. The smallest absolute Gasteiger partial charge is 0.0653 e. The second-order valence-electron chi connectivity index (χ2n) is 5.33. The minimum Gasteiger partial charge on any atom is -0.0653 e. The summed E-state index contributed by atoms with van der Waals surface area (Å²) in [6, 6.07) is 18.0. The van der Waals surface area contributed by atoms with E-state index in [0.717, 1.165) is 0 Å². The highest BCUT2D eigenvalue weighted by Gasteiger charge is 2.42. The summed E-state index contributed by atoms with van der Waals surface area (Å²) in [6.07, 6.45) is 3.66. The largest absolute Gasteiger partial charge is 0.162 e. The summed E-state index contributed by atoms with van der Waals surface area (Å²) in [5.41, 5.74) is 3.34. The van der Waals surface area contributed by atoms with Crippen molar-refractivity contribution in [1.82, 2.24) is 0 Å². The van der Waals surface area contributed by atoms with Gasteiger partial charge in [0.25, 0.3) is 0 Å². The van der Waals surface area contributed by atoms with Crippen molar-refractivity contribution in [2.24, 2.45) is 0 Å². The Morgan fingerprint density at radius 2 is 1.37 bits per heavy atom. The average molecular weight is 269 g/mol. The molecule has 0 unspecified atom stereocenters. The van der Waals surface area contributed by atoms with Crippen LogP contribution in [0.15, 0.2) is 58.3 Å². The van der Waals surface area contributed by atoms with E-state index in [0.29, 0.717) is 0 Å². The van der Waals surface area contributed by atoms with Crippen LogP contribution in [0.3, 0.4) is 0 Å². The van der Waals surface area contributed by atoms with Gasteiger partial charge in [-0.3, -0.25) is 0 Å². The van der Waals surface area contributed by atoms with E-state index < -0.39 is 0 Å². The summed E-state index contributed by atoms with van der Waals surface area (Å²) in [7, 11) is 0. The third-order valence-electron chi connectivity index (χ3n) is 4.36. The molecule has 1 heterocycles. The highest BCUT2D eigenvalue weighted by molar-refractivity contribution is 7.78. The van der Waals surface area contributed by atoms with Crippen LogP contribution in [0.4, 0.5) is 0 Å². The van der Waals surface area contributed by atoms with Crippen molar-refractivity contribution < 1.29 is 0 Å². The lowest BCUT2D eigenvalue weighted by atomic mass is 9.69. The quantitative estimate of drug-likeness (QED) is 0.558. The first-order chi connectivity index (χ1) is 9.31. The van der Waals surface area contributed by atoms with E-state index in [2.05, 4.69) is 62.4 Å². The van der Waals surface area contributed by atoms with Crippen LogP contribution in [-0.2, 0) is 17.2 Å². The van der Waals surface area contributed by atoms with Gasteiger partial charge in [-0.1, -0.05) is 56.7 Å². The molecular formula is C18H21S+. The molecule has 0 spiro atoms. The third kappa shape index (κ3) is 1.92. The summed E-state index contributed by atoms with van der Waals surface area (Å²) in [5, 5.41) is 0. The van der Waals surface area contributed by atoms with Gasteiger partial charge in [0.15, 0.2) is 9.79 Å². The first-order valence-electron chi connectivity index (χ1n) is 7.22. The molecule has 0 bridgehead atoms. The van der Waals surface area contributed by atoms with Crippen molar-refractivity contribution in [1.29, 1.82) is 0 Å². The number of hydrogen-bond donors (Lipinski definition) is 0. The molecule has 1 aliphatic heterocycles. The topological polar surface area (TPSA) is 0 Å². The first-order valence-corrected chi connectivity index (χ1v) is 8.12. The van der Waals surface area contributed by atoms with Crippen LogP contribution in [0.1, 0.15) is 44.2 Å². The molecule has 2 aromatic rings. The molecule has 0 atom stereocenters. The molecule has 1 aliphatic rings. The summed E-state index contributed by atoms with van der Waals surface area (Å²) in [6.45, 7) is 4.64. The molecule has 0 fully saturated rings. The van der Waals surface area contributed by atoms with Gasteiger partial charge in [0.2, 0.25) is 0 Å². The fourth-order valence-electron chi connectivity index (χ4n) is 3.48. The molecule has 19 heavy (non-hydrogen) atoms. The van der Waals surface area contributed by atoms with E-state index in [4.69, 9.17) is 0 Å². The Hall–Kier alpha value is -1.21. The van der Waals surface area contributed by atoms with Gasteiger partial charge in [0.05, 0.1) is 0 Å². The van der Waals surface area contributed by atoms with Gasteiger partial charge >= 0.3 is 0 Å². The lowest BCUT2D eigenvalue weighted by Crippen LogP contribution is -2.32. The van der Waals surface area contributed by atoms with Crippen LogP contribution >= 0.6 is 0 Å². The third-order valence-corrected chi connectivity index (χ3v) is 5.62. The Kier molecular flexibility index (Phi) is 3.40. The monoisotopic (exact) mass is 269 g/mol. The maximum atomic E-state index is 2.34. The molecular weight excluding hydrogens is 248 g/mol. The van der Waals surface area contributed by atoms with Gasteiger partial charge < -0.3 is 0 Å². The van der Waals surface area contributed by atoms with Crippen LogP contribution in [0.2, 0.25) is 0 Å². The van der Waals surface area contributed by atoms with Gasteiger partial charge in [-0.2, -0.15) is 0 Å². The van der Waals surface area contributed by atoms with E-state index in [1.807, 2.05) is 0 Å². The summed E-state index contributed by atoms with van der Waals surface area (Å²) >= 11 is 1.37. The number of benzene rings is 2. The van der Waals surface area contributed by atoms with Crippen molar-refractivity contribution in [3.8, 4) is 0 Å². The van der Waals surface area contributed by atoms with E-state index in [9.17, 15) is 0 Å². The van der Waals surface area contributed by atoms with Gasteiger partial charge in [-0.25, -0.2) is 0 Å². The molecule has 0 nitrogen and oxygen atoms in total. The van der Waals surface area contributed by atoms with Gasteiger partial charge in [-0.05, 0) is 25.0 Å².